The Kier molecular flexibility index (Phi) is 5.81. The Balaban J connectivity index is 1.72. The molecule has 1 aromatic carbocycles. The molecule has 27 heavy (non-hydrogen) atoms. The van der Waals surface area contributed by atoms with E-state index in [2.05, 4.69) is 9.97 Å². The molecule has 9 heteroatoms. The van der Waals surface area contributed by atoms with Gasteiger partial charge in [0, 0.05) is 32.2 Å². The summed E-state index contributed by atoms with van der Waals surface area (Å²) in [5, 5.41) is 0. The Morgan fingerprint density at radius 1 is 1.07 bits per heavy atom. The average molecular weight is 392 g/mol. The lowest BCUT2D eigenvalue weighted by Gasteiger charge is -2.34. The van der Waals surface area contributed by atoms with Crippen molar-refractivity contribution in [2.75, 3.05) is 43.9 Å². The number of methoxy groups -OCH3 is 1. The maximum absolute atomic E-state index is 12.0. The highest BCUT2D eigenvalue weighted by Gasteiger charge is 2.26. The Hall–Kier alpha value is -2.39. The van der Waals surface area contributed by atoms with Crippen molar-refractivity contribution in [2.24, 2.45) is 0 Å². The van der Waals surface area contributed by atoms with Gasteiger partial charge in [-0.1, -0.05) is 6.07 Å². The predicted molar refractivity (Wildman–Crippen MR) is 103 cm³/mol. The molecule has 2 heterocycles. The topological polar surface area (TPSA) is 84.9 Å². The first kappa shape index (κ1) is 19.4. The minimum atomic E-state index is -3.15. The van der Waals surface area contributed by atoms with Crippen molar-refractivity contribution < 1.29 is 17.9 Å². The summed E-state index contributed by atoms with van der Waals surface area (Å²) >= 11 is 0. The summed E-state index contributed by atoms with van der Waals surface area (Å²) in [5.74, 6) is 2.45. The number of sulfonamides is 1. The van der Waals surface area contributed by atoms with Crippen LogP contribution in [0.2, 0.25) is 0 Å². The Morgan fingerprint density at radius 2 is 1.81 bits per heavy atom. The molecule has 0 atom stereocenters. The maximum atomic E-state index is 12.0. The quantitative estimate of drug-likeness (QED) is 0.744. The summed E-state index contributed by atoms with van der Waals surface area (Å²) in [7, 11) is -1.56. The molecule has 1 aliphatic heterocycles. The number of nitrogens with zero attached hydrogens (tertiary/aromatic N) is 4. The SMILES string of the molecule is CCS(=O)(=O)N1CCN(c2cc(Oc3ccc(C)cc3OC)ncn2)CC1. The van der Waals surface area contributed by atoms with Crippen LogP contribution in [0.15, 0.2) is 30.6 Å². The first-order chi connectivity index (χ1) is 12.9. The van der Waals surface area contributed by atoms with E-state index in [9.17, 15) is 8.42 Å². The van der Waals surface area contributed by atoms with Crippen LogP contribution in [0.3, 0.4) is 0 Å². The standard InChI is InChI=1S/C18H24N4O4S/c1-4-27(23,24)22-9-7-21(8-10-22)17-12-18(20-13-19-17)26-15-6-5-14(2)11-16(15)25-3/h5-6,11-13H,4,7-10H2,1-3H3. The molecule has 2 aromatic rings. The molecule has 0 unspecified atom stereocenters. The zero-order valence-corrected chi connectivity index (χ0v) is 16.6. The second-order valence-electron chi connectivity index (χ2n) is 6.26. The molecule has 0 N–H and O–H groups in total. The lowest BCUT2D eigenvalue weighted by molar-refractivity contribution is 0.372. The summed E-state index contributed by atoms with van der Waals surface area (Å²) in [4.78, 5) is 10.5. The highest BCUT2D eigenvalue weighted by atomic mass is 32.2. The number of anilines is 1. The molecule has 146 valence electrons. The zero-order chi connectivity index (χ0) is 19.4. The van der Waals surface area contributed by atoms with E-state index in [0.29, 0.717) is 49.4 Å². The minimum absolute atomic E-state index is 0.122. The van der Waals surface area contributed by atoms with Gasteiger partial charge in [-0.25, -0.2) is 18.4 Å². The molecule has 0 amide bonds. The van der Waals surface area contributed by atoms with Gasteiger partial charge in [0.05, 0.1) is 12.9 Å². The largest absolute Gasteiger partial charge is 0.493 e. The maximum Gasteiger partial charge on any atom is 0.224 e. The van der Waals surface area contributed by atoms with E-state index < -0.39 is 10.0 Å². The van der Waals surface area contributed by atoms with E-state index in [1.165, 1.54) is 10.6 Å². The highest BCUT2D eigenvalue weighted by molar-refractivity contribution is 7.89. The first-order valence-corrected chi connectivity index (χ1v) is 10.4. The van der Waals surface area contributed by atoms with Gasteiger partial charge >= 0.3 is 0 Å². The normalized spacial score (nSPS) is 15.6. The number of aromatic nitrogens is 2. The van der Waals surface area contributed by atoms with Crippen LogP contribution in [0.1, 0.15) is 12.5 Å². The zero-order valence-electron chi connectivity index (χ0n) is 15.8. The number of ether oxygens (including phenoxy) is 2. The van der Waals surface area contributed by atoms with Gasteiger partial charge < -0.3 is 14.4 Å². The lowest BCUT2D eigenvalue weighted by atomic mass is 10.2. The van der Waals surface area contributed by atoms with Gasteiger partial charge in [-0.15, -0.1) is 0 Å². The van der Waals surface area contributed by atoms with Gasteiger partial charge in [-0.2, -0.15) is 4.31 Å². The summed E-state index contributed by atoms with van der Waals surface area (Å²) < 4.78 is 36.7. The molecule has 1 fully saturated rings. The lowest BCUT2D eigenvalue weighted by Crippen LogP contribution is -2.49. The van der Waals surface area contributed by atoms with Crippen LogP contribution in [-0.4, -0.2) is 61.7 Å². The van der Waals surface area contributed by atoms with Crippen LogP contribution in [0.4, 0.5) is 5.82 Å². The summed E-state index contributed by atoms with van der Waals surface area (Å²) in [6.07, 6.45) is 1.44. The fourth-order valence-electron chi connectivity index (χ4n) is 2.91. The minimum Gasteiger partial charge on any atom is -0.493 e. The van der Waals surface area contributed by atoms with Gasteiger partial charge in [0.1, 0.15) is 12.1 Å². The van der Waals surface area contributed by atoms with Crippen LogP contribution in [-0.2, 0) is 10.0 Å². The third kappa shape index (κ3) is 4.48. The molecule has 0 bridgehead atoms. The summed E-state index contributed by atoms with van der Waals surface area (Å²) in [5.41, 5.74) is 1.07. The van der Waals surface area contributed by atoms with Crippen LogP contribution in [0, 0.1) is 6.92 Å². The Labute approximate surface area is 159 Å². The summed E-state index contributed by atoms with van der Waals surface area (Å²) in [6, 6.07) is 7.42. The van der Waals surface area contributed by atoms with Gasteiger partial charge in [-0.3, -0.25) is 0 Å². The second-order valence-corrected chi connectivity index (χ2v) is 8.52. The van der Waals surface area contributed by atoms with E-state index in [4.69, 9.17) is 9.47 Å². The smallest absolute Gasteiger partial charge is 0.224 e. The molecule has 1 aromatic heterocycles. The molecule has 0 spiro atoms. The Bertz CT molecular complexity index is 896. The molecule has 0 radical (unpaired) electrons. The Morgan fingerprint density at radius 3 is 2.48 bits per heavy atom. The molecule has 0 aliphatic carbocycles. The molecular weight excluding hydrogens is 368 g/mol. The van der Waals surface area contributed by atoms with E-state index in [0.717, 1.165) is 5.56 Å². The van der Waals surface area contributed by atoms with Crippen molar-refractivity contribution in [3.05, 3.63) is 36.2 Å². The number of hydrogen-bond acceptors (Lipinski definition) is 7. The van der Waals surface area contributed by atoms with Gasteiger partial charge in [-0.05, 0) is 31.5 Å². The number of aryl methyl sites for hydroxylation is 1. The van der Waals surface area contributed by atoms with Crippen molar-refractivity contribution in [3.8, 4) is 17.4 Å². The molecule has 3 rings (SSSR count). The fraction of sp³-hybridized carbons (Fsp3) is 0.444. The van der Waals surface area contributed by atoms with Crippen LogP contribution in [0.5, 0.6) is 17.4 Å². The third-order valence-electron chi connectivity index (χ3n) is 4.48. The fourth-order valence-corrected chi connectivity index (χ4v) is 3.99. The van der Waals surface area contributed by atoms with E-state index in [1.54, 1.807) is 20.1 Å². The molecule has 1 aliphatic rings. The van der Waals surface area contributed by atoms with Crippen LogP contribution >= 0.6 is 0 Å². The highest BCUT2D eigenvalue weighted by Crippen LogP contribution is 2.32. The van der Waals surface area contributed by atoms with Gasteiger partial charge in [0.25, 0.3) is 0 Å². The van der Waals surface area contributed by atoms with E-state index in [-0.39, 0.29) is 5.75 Å². The first-order valence-electron chi connectivity index (χ1n) is 8.80. The molecule has 1 saturated heterocycles. The van der Waals surface area contributed by atoms with Crippen molar-refractivity contribution in [1.82, 2.24) is 14.3 Å². The second kappa shape index (κ2) is 8.10. The van der Waals surface area contributed by atoms with Crippen molar-refractivity contribution >= 4 is 15.8 Å². The van der Waals surface area contributed by atoms with Crippen molar-refractivity contribution in [2.45, 2.75) is 13.8 Å². The van der Waals surface area contributed by atoms with Gasteiger partial charge in [0.2, 0.25) is 15.9 Å². The number of benzene rings is 1. The number of rotatable bonds is 6. The molecule has 0 saturated carbocycles. The average Bonchev–Trinajstić information content (AvgIpc) is 2.69. The van der Waals surface area contributed by atoms with Crippen molar-refractivity contribution in [3.63, 3.8) is 0 Å². The monoisotopic (exact) mass is 392 g/mol. The van der Waals surface area contributed by atoms with Crippen LogP contribution < -0.4 is 14.4 Å². The number of piperazine rings is 1. The molecule has 8 nitrogen and oxygen atoms in total. The number of hydrogen-bond donors (Lipinski definition) is 0. The van der Waals surface area contributed by atoms with Crippen molar-refractivity contribution in [1.29, 1.82) is 0 Å². The molecular formula is C18H24N4O4S. The third-order valence-corrected chi connectivity index (χ3v) is 6.36. The van der Waals surface area contributed by atoms with Crippen LogP contribution in [0.25, 0.3) is 0 Å². The van der Waals surface area contributed by atoms with E-state index >= 15 is 0 Å². The van der Waals surface area contributed by atoms with E-state index in [1.807, 2.05) is 30.0 Å². The summed E-state index contributed by atoms with van der Waals surface area (Å²) in [6.45, 7) is 5.68. The predicted octanol–water partition coefficient (Wildman–Crippen LogP) is 2.06. The van der Waals surface area contributed by atoms with Gasteiger partial charge in [0.15, 0.2) is 11.5 Å².